The third-order valence-corrected chi connectivity index (χ3v) is 5.14. The van der Waals surface area contributed by atoms with Crippen molar-refractivity contribution < 1.29 is 5.11 Å². The number of rotatable bonds is 4. The average Bonchev–Trinajstić information content (AvgIpc) is 2.40. The first-order valence-corrected chi connectivity index (χ1v) is 7.95. The molecule has 1 saturated heterocycles. The summed E-state index contributed by atoms with van der Waals surface area (Å²) >= 11 is 3.50. The Bertz CT molecular complexity index is 396. The Kier molecular flexibility index (Phi) is 5.04. The zero-order valence-corrected chi connectivity index (χ0v) is 13.5. The van der Waals surface area contributed by atoms with Gasteiger partial charge in [0.15, 0.2) is 0 Å². The van der Waals surface area contributed by atoms with Crippen LogP contribution < -0.4 is 0 Å². The van der Waals surface area contributed by atoms with Crippen molar-refractivity contribution in [2.45, 2.75) is 44.6 Å². The number of aliphatic hydroxyl groups is 1. The van der Waals surface area contributed by atoms with Gasteiger partial charge in [0.25, 0.3) is 0 Å². The summed E-state index contributed by atoms with van der Waals surface area (Å²) in [5.41, 5.74) is 1.75. The van der Waals surface area contributed by atoms with Gasteiger partial charge in [0.1, 0.15) is 0 Å². The molecule has 0 saturated carbocycles. The molecule has 0 amide bonds. The van der Waals surface area contributed by atoms with E-state index in [1.54, 1.807) is 0 Å². The summed E-state index contributed by atoms with van der Waals surface area (Å²) in [7, 11) is 0. The number of benzene rings is 1. The molecule has 0 bridgehead atoms. The van der Waals surface area contributed by atoms with Crippen molar-refractivity contribution in [3.8, 4) is 0 Å². The third kappa shape index (κ3) is 3.59. The van der Waals surface area contributed by atoms with Gasteiger partial charge in [-0.2, -0.15) is 0 Å². The molecule has 1 unspecified atom stereocenters. The number of likely N-dealkylation sites (tertiary alicyclic amines) is 1. The summed E-state index contributed by atoms with van der Waals surface area (Å²) in [5, 5.41) is 9.04. The minimum absolute atomic E-state index is 0.293. The van der Waals surface area contributed by atoms with Crippen molar-refractivity contribution in [2.75, 3.05) is 19.7 Å². The summed E-state index contributed by atoms with van der Waals surface area (Å²) < 4.78 is 1.15. The molecule has 1 atom stereocenters. The van der Waals surface area contributed by atoms with Gasteiger partial charge in [-0.05, 0) is 62.4 Å². The van der Waals surface area contributed by atoms with Crippen LogP contribution >= 0.6 is 15.9 Å². The molecule has 3 heteroatoms. The monoisotopic (exact) mass is 325 g/mol. The van der Waals surface area contributed by atoms with Crippen LogP contribution in [0.15, 0.2) is 28.7 Å². The summed E-state index contributed by atoms with van der Waals surface area (Å²) in [6.07, 6.45) is 3.28. The van der Waals surface area contributed by atoms with Crippen LogP contribution in [0, 0.1) is 0 Å². The second-order valence-corrected chi connectivity index (χ2v) is 6.88. The fourth-order valence-electron chi connectivity index (χ4n) is 2.97. The van der Waals surface area contributed by atoms with E-state index in [4.69, 9.17) is 5.11 Å². The minimum Gasteiger partial charge on any atom is -0.396 e. The lowest BCUT2D eigenvalue weighted by atomic mass is 9.74. The van der Waals surface area contributed by atoms with Crippen LogP contribution in [0.1, 0.15) is 38.7 Å². The summed E-state index contributed by atoms with van der Waals surface area (Å²) in [6.45, 7) is 7.16. The van der Waals surface area contributed by atoms with E-state index in [9.17, 15) is 0 Å². The zero-order valence-electron chi connectivity index (χ0n) is 11.9. The van der Waals surface area contributed by atoms with Crippen molar-refractivity contribution in [1.82, 2.24) is 4.90 Å². The summed E-state index contributed by atoms with van der Waals surface area (Å²) in [6, 6.07) is 9.27. The Morgan fingerprint density at radius 3 is 2.37 bits per heavy atom. The Morgan fingerprint density at radius 2 is 1.84 bits per heavy atom. The molecule has 1 aliphatic rings. The highest BCUT2D eigenvalue weighted by Crippen LogP contribution is 2.36. The average molecular weight is 326 g/mol. The molecule has 0 aliphatic carbocycles. The van der Waals surface area contributed by atoms with Gasteiger partial charge in [-0.15, -0.1) is 0 Å². The van der Waals surface area contributed by atoms with E-state index in [0.717, 1.165) is 24.0 Å². The minimum atomic E-state index is 0.293. The molecule has 1 heterocycles. The molecule has 1 aromatic rings. The van der Waals surface area contributed by atoms with Gasteiger partial charge in [0.2, 0.25) is 0 Å². The smallest absolute Gasteiger partial charge is 0.0445 e. The first-order valence-electron chi connectivity index (χ1n) is 7.16. The van der Waals surface area contributed by atoms with E-state index in [1.807, 2.05) is 0 Å². The van der Waals surface area contributed by atoms with Gasteiger partial charge in [-0.25, -0.2) is 0 Å². The highest BCUT2D eigenvalue weighted by Gasteiger charge is 2.32. The van der Waals surface area contributed by atoms with Crippen LogP contribution in [0.25, 0.3) is 0 Å². The fourth-order valence-corrected chi connectivity index (χ4v) is 3.23. The molecular weight excluding hydrogens is 302 g/mol. The third-order valence-electron chi connectivity index (χ3n) is 4.61. The molecule has 1 aliphatic heterocycles. The highest BCUT2D eigenvalue weighted by molar-refractivity contribution is 9.10. The Labute approximate surface area is 124 Å². The van der Waals surface area contributed by atoms with Gasteiger partial charge in [-0.3, -0.25) is 0 Å². The van der Waals surface area contributed by atoms with Crippen molar-refractivity contribution >= 4 is 15.9 Å². The molecule has 0 radical (unpaired) electrons. The number of nitrogens with zero attached hydrogens (tertiary/aromatic N) is 1. The van der Waals surface area contributed by atoms with E-state index >= 15 is 0 Å². The zero-order chi connectivity index (χ0) is 13.9. The summed E-state index contributed by atoms with van der Waals surface area (Å²) in [5.74, 6) is 0. The maximum Gasteiger partial charge on any atom is 0.0445 e. The first-order chi connectivity index (χ1) is 9.05. The largest absolute Gasteiger partial charge is 0.396 e. The predicted octanol–water partition coefficient (Wildman–Crippen LogP) is 3.57. The maximum absolute atomic E-state index is 9.04. The Balaban J connectivity index is 1.99. The summed E-state index contributed by atoms with van der Waals surface area (Å²) in [4.78, 5) is 2.51. The quantitative estimate of drug-likeness (QED) is 0.914. The number of halogens is 1. The predicted molar refractivity (Wildman–Crippen MR) is 83.5 cm³/mol. The number of hydrogen-bond acceptors (Lipinski definition) is 2. The van der Waals surface area contributed by atoms with Crippen LogP contribution in [-0.2, 0) is 5.41 Å². The van der Waals surface area contributed by atoms with Gasteiger partial charge >= 0.3 is 0 Å². The first kappa shape index (κ1) is 15.0. The van der Waals surface area contributed by atoms with Crippen molar-refractivity contribution in [3.05, 3.63) is 34.3 Å². The Morgan fingerprint density at radius 1 is 1.26 bits per heavy atom. The standard InChI is InChI=1S/C16H24BrNO/c1-13(7-12-19)18-10-8-16(2,9-11-18)14-3-5-15(17)6-4-14/h3-6,13,19H,7-12H2,1-2H3. The molecule has 1 N–H and O–H groups in total. The molecule has 1 aromatic carbocycles. The van der Waals surface area contributed by atoms with Crippen molar-refractivity contribution in [3.63, 3.8) is 0 Å². The normalized spacial score (nSPS) is 21.3. The van der Waals surface area contributed by atoms with E-state index in [0.29, 0.717) is 18.1 Å². The van der Waals surface area contributed by atoms with Crippen LogP contribution in [0.4, 0.5) is 0 Å². The van der Waals surface area contributed by atoms with E-state index in [1.165, 1.54) is 18.4 Å². The molecule has 1 fully saturated rings. The van der Waals surface area contributed by atoms with Gasteiger partial charge in [-0.1, -0.05) is 35.0 Å². The number of aliphatic hydroxyl groups excluding tert-OH is 1. The van der Waals surface area contributed by atoms with Gasteiger partial charge < -0.3 is 10.0 Å². The van der Waals surface area contributed by atoms with Gasteiger partial charge in [0.05, 0.1) is 0 Å². The SMILES string of the molecule is CC(CCO)N1CCC(C)(c2ccc(Br)cc2)CC1. The lowest BCUT2D eigenvalue weighted by Crippen LogP contribution is -2.45. The molecule has 0 aromatic heterocycles. The molecule has 0 spiro atoms. The molecule has 19 heavy (non-hydrogen) atoms. The van der Waals surface area contributed by atoms with E-state index < -0.39 is 0 Å². The molecule has 106 valence electrons. The lowest BCUT2D eigenvalue weighted by Gasteiger charge is -2.42. The van der Waals surface area contributed by atoms with E-state index in [2.05, 4.69) is 58.9 Å². The Hall–Kier alpha value is -0.380. The van der Waals surface area contributed by atoms with Crippen LogP contribution in [0.5, 0.6) is 0 Å². The molecular formula is C16H24BrNO. The highest BCUT2D eigenvalue weighted by atomic mass is 79.9. The van der Waals surface area contributed by atoms with Crippen molar-refractivity contribution in [1.29, 1.82) is 0 Å². The lowest BCUT2D eigenvalue weighted by molar-refractivity contribution is 0.111. The second kappa shape index (κ2) is 6.38. The van der Waals surface area contributed by atoms with Crippen LogP contribution in [-0.4, -0.2) is 35.7 Å². The number of hydrogen-bond donors (Lipinski definition) is 1. The van der Waals surface area contributed by atoms with Crippen LogP contribution in [0.2, 0.25) is 0 Å². The fraction of sp³-hybridized carbons (Fsp3) is 0.625. The van der Waals surface area contributed by atoms with Gasteiger partial charge in [0, 0.05) is 17.1 Å². The van der Waals surface area contributed by atoms with Crippen LogP contribution in [0.3, 0.4) is 0 Å². The maximum atomic E-state index is 9.04. The van der Waals surface area contributed by atoms with E-state index in [-0.39, 0.29) is 0 Å². The number of piperidine rings is 1. The second-order valence-electron chi connectivity index (χ2n) is 5.96. The van der Waals surface area contributed by atoms with Crippen molar-refractivity contribution in [2.24, 2.45) is 0 Å². The molecule has 2 nitrogen and oxygen atoms in total. The topological polar surface area (TPSA) is 23.5 Å². The molecule has 2 rings (SSSR count).